The van der Waals surface area contributed by atoms with Gasteiger partial charge in [-0.05, 0) is 5.92 Å². The molecule has 0 bridgehead atoms. The van der Waals surface area contributed by atoms with Gasteiger partial charge in [0.1, 0.15) is 0 Å². The van der Waals surface area contributed by atoms with Crippen LogP contribution in [0.1, 0.15) is 33.1 Å². The Kier molecular flexibility index (Phi) is 4.70. The smallest absolute Gasteiger partial charge is 0.160 e. The number of rotatable bonds is 5. The highest BCUT2D eigenvalue weighted by Crippen LogP contribution is 2.20. The molecule has 0 saturated carbocycles. The van der Waals surface area contributed by atoms with Gasteiger partial charge in [-0.2, -0.15) is 0 Å². The molecule has 0 spiro atoms. The minimum absolute atomic E-state index is 0.171. The molecule has 1 N–H and O–H groups in total. The molecule has 1 saturated heterocycles. The van der Waals surface area contributed by atoms with Crippen LogP contribution >= 0.6 is 0 Å². The van der Waals surface area contributed by atoms with Crippen molar-refractivity contribution in [1.29, 1.82) is 0 Å². The Labute approximate surface area is 80.0 Å². The zero-order chi connectivity index (χ0) is 9.68. The Balaban J connectivity index is 2.25. The average molecular weight is 188 g/mol. The Hall–Kier alpha value is -0.120. The van der Waals surface area contributed by atoms with Crippen molar-refractivity contribution in [3.63, 3.8) is 0 Å². The van der Waals surface area contributed by atoms with Crippen molar-refractivity contribution in [3.05, 3.63) is 0 Å². The van der Waals surface area contributed by atoms with Crippen LogP contribution in [0, 0.1) is 5.92 Å². The van der Waals surface area contributed by atoms with Crippen molar-refractivity contribution >= 4 is 0 Å². The maximum Gasteiger partial charge on any atom is 0.160 e. The third-order valence-corrected chi connectivity index (χ3v) is 2.72. The van der Waals surface area contributed by atoms with E-state index >= 15 is 0 Å². The first-order valence-electron chi connectivity index (χ1n) is 5.19. The first-order valence-corrected chi connectivity index (χ1v) is 5.19. The molecule has 3 heteroatoms. The number of hydrogen-bond acceptors (Lipinski definition) is 3. The van der Waals surface area contributed by atoms with Crippen molar-refractivity contribution in [1.82, 2.24) is 0 Å². The van der Waals surface area contributed by atoms with Gasteiger partial charge in [-0.1, -0.05) is 26.7 Å². The summed E-state index contributed by atoms with van der Waals surface area (Å²) in [7, 11) is 0. The molecule has 78 valence electrons. The average Bonchev–Trinajstić information content (AvgIpc) is 2.59. The molecule has 1 rings (SSSR count). The van der Waals surface area contributed by atoms with Crippen molar-refractivity contribution in [2.75, 3.05) is 13.2 Å². The predicted octanol–water partition coefficient (Wildman–Crippen LogP) is 1.55. The van der Waals surface area contributed by atoms with Gasteiger partial charge in [-0.3, -0.25) is 0 Å². The van der Waals surface area contributed by atoms with Crippen LogP contribution in [0.5, 0.6) is 0 Å². The number of hydrogen-bond donors (Lipinski definition) is 1. The van der Waals surface area contributed by atoms with E-state index in [1.54, 1.807) is 0 Å². The van der Waals surface area contributed by atoms with Gasteiger partial charge >= 0.3 is 0 Å². The van der Waals surface area contributed by atoms with Crippen molar-refractivity contribution in [2.45, 2.75) is 45.5 Å². The molecule has 1 aliphatic rings. The first-order chi connectivity index (χ1) is 6.27. The Morgan fingerprint density at radius 3 is 2.23 bits per heavy atom. The SMILES string of the molecule is CCC(CC)C(O)CC1OCCO1. The fourth-order valence-corrected chi connectivity index (χ4v) is 1.77. The molecule has 1 aliphatic heterocycles. The molecule has 1 fully saturated rings. The summed E-state index contributed by atoms with van der Waals surface area (Å²) in [4.78, 5) is 0. The third kappa shape index (κ3) is 3.25. The summed E-state index contributed by atoms with van der Waals surface area (Å²) in [5.41, 5.74) is 0. The molecule has 0 aromatic rings. The Bertz CT molecular complexity index is 128. The summed E-state index contributed by atoms with van der Waals surface area (Å²) < 4.78 is 10.6. The summed E-state index contributed by atoms with van der Waals surface area (Å²) in [5.74, 6) is 0.382. The highest BCUT2D eigenvalue weighted by molar-refractivity contribution is 4.69. The van der Waals surface area contributed by atoms with Crippen LogP contribution in [0.4, 0.5) is 0 Å². The van der Waals surface area contributed by atoms with E-state index in [4.69, 9.17) is 9.47 Å². The van der Waals surface area contributed by atoms with Crippen molar-refractivity contribution < 1.29 is 14.6 Å². The zero-order valence-electron chi connectivity index (χ0n) is 8.53. The second kappa shape index (κ2) is 5.58. The van der Waals surface area contributed by atoms with Crippen LogP contribution in [0.2, 0.25) is 0 Å². The van der Waals surface area contributed by atoms with Gasteiger partial charge in [0.2, 0.25) is 0 Å². The molecular formula is C10H20O3. The van der Waals surface area contributed by atoms with Gasteiger partial charge in [-0.25, -0.2) is 0 Å². The van der Waals surface area contributed by atoms with E-state index in [0.29, 0.717) is 25.6 Å². The van der Waals surface area contributed by atoms with E-state index in [1.165, 1.54) is 0 Å². The number of aliphatic hydroxyl groups is 1. The summed E-state index contributed by atoms with van der Waals surface area (Å²) in [5, 5.41) is 9.81. The molecule has 0 aliphatic carbocycles. The van der Waals surface area contributed by atoms with E-state index in [9.17, 15) is 5.11 Å². The molecule has 0 aromatic heterocycles. The minimum atomic E-state index is -0.280. The van der Waals surface area contributed by atoms with E-state index in [1.807, 2.05) is 0 Å². The van der Waals surface area contributed by atoms with Gasteiger partial charge in [0.05, 0.1) is 19.3 Å². The minimum Gasteiger partial charge on any atom is -0.393 e. The van der Waals surface area contributed by atoms with Crippen LogP contribution in [-0.4, -0.2) is 30.7 Å². The van der Waals surface area contributed by atoms with Crippen LogP contribution in [0.15, 0.2) is 0 Å². The van der Waals surface area contributed by atoms with Gasteiger partial charge in [0.25, 0.3) is 0 Å². The van der Waals surface area contributed by atoms with Crippen molar-refractivity contribution in [2.24, 2.45) is 5.92 Å². The van der Waals surface area contributed by atoms with Crippen LogP contribution in [-0.2, 0) is 9.47 Å². The lowest BCUT2D eigenvalue weighted by Crippen LogP contribution is -2.25. The van der Waals surface area contributed by atoms with Gasteiger partial charge in [-0.15, -0.1) is 0 Å². The van der Waals surface area contributed by atoms with Crippen LogP contribution < -0.4 is 0 Å². The van der Waals surface area contributed by atoms with Crippen LogP contribution in [0.25, 0.3) is 0 Å². The number of ether oxygens (including phenoxy) is 2. The van der Waals surface area contributed by atoms with Gasteiger partial charge in [0, 0.05) is 6.42 Å². The van der Waals surface area contributed by atoms with E-state index in [0.717, 1.165) is 12.8 Å². The lowest BCUT2D eigenvalue weighted by molar-refractivity contribution is -0.0797. The molecule has 0 aromatic carbocycles. The molecule has 0 amide bonds. The molecule has 0 radical (unpaired) electrons. The number of aliphatic hydroxyl groups excluding tert-OH is 1. The first kappa shape index (κ1) is 11.0. The summed E-state index contributed by atoms with van der Waals surface area (Å²) in [6.45, 7) is 5.54. The summed E-state index contributed by atoms with van der Waals surface area (Å²) in [6, 6.07) is 0. The van der Waals surface area contributed by atoms with Crippen LogP contribution in [0.3, 0.4) is 0 Å². The molecular weight excluding hydrogens is 168 g/mol. The Morgan fingerprint density at radius 2 is 1.77 bits per heavy atom. The topological polar surface area (TPSA) is 38.7 Å². The molecule has 1 unspecified atom stereocenters. The predicted molar refractivity (Wildman–Crippen MR) is 50.4 cm³/mol. The fraction of sp³-hybridized carbons (Fsp3) is 1.00. The maximum absolute atomic E-state index is 9.81. The molecule has 3 nitrogen and oxygen atoms in total. The van der Waals surface area contributed by atoms with E-state index in [2.05, 4.69) is 13.8 Å². The second-order valence-electron chi connectivity index (χ2n) is 3.55. The molecule has 1 heterocycles. The van der Waals surface area contributed by atoms with E-state index in [-0.39, 0.29) is 12.4 Å². The second-order valence-corrected chi connectivity index (χ2v) is 3.55. The third-order valence-electron chi connectivity index (χ3n) is 2.72. The maximum atomic E-state index is 9.81. The van der Waals surface area contributed by atoms with Crippen molar-refractivity contribution in [3.8, 4) is 0 Å². The highest BCUT2D eigenvalue weighted by atomic mass is 16.7. The largest absolute Gasteiger partial charge is 0.393 e. The summed E-state index contributed by atoms with van der Waals surface area (Å²) >= 11 is 0. The van der Waals surface area contributed by atoms with Gasteiger partial charge < -0.3 is 14.6 Å². The quantitative estimate of drug-likeness (QED) is 0.711. The molecule has 13 heavy (non-hydrogen) atoms. The summed E-state index contributed by atoms with van der Waals surface area (Å²) in [6.07, 6.45) is 2.20. The highest BCUT2D eigenvalue weighted by Gasteiger charge is 2.23. The monoisotopic (exact) mass is 188 g/mol. The normalized spacial score (nSPS) is 21.2. The molecule has 1 atom stereocenters. The van der Waals surface area contributed by atoms with E-state index < -0.39 is 0 Å². The zero-order valence-corrected chi connectivity index (χ0v) is 8.53. The Morgan fingerprint density at radius 1 is 1.23 bits per heavy atom. The lowest BCUT2D eigenvalue weighted by Gasteiger charge is -2.21. The fourth-order valence-electron chi connectivity index (χ4n) is 1.77. The standard InChI is InChI=1S/C10H20O3/c1-3-8(4-2)9(11)7-10-12-5-6-13-10/h8-11H,3-7H2,1-2H3. The van der Waals surface area contributed by atoms with Gasteiger partial charge in [0.15, 0.2) is 6.29 Å². The lowest BCUT2D eigenvalue weighted by atomic mass is 9.94.